The number of H-pyrrole nitrogens is 1. The number of rotatable bonds is 10. The second-order valence-electron chi connectivity index (χ2n) is 7.64. The minimum absolute atomic E-state index is 0.714. The largest absolute Gasteiger partial charge is 0.483 e. The van der Waals surface area contributed by atoms with Crippen molar-refractivity contribution in [1.29, 1.82) is 0 Å². The molecule has 0 bridgehead atoms. The molecule has 2 saturated heterocycles. The molecule has 18 nitrogen and oxygen atoms in total. The van der Waals surface area contributed by atoms with Crippen LogP contribution >= 0.6 is 15.6 Å². The van der Waals surface area contributed by atoms with E-state index in [-0.39, 0.29) is 0 Å². The fourth-order valence-corrected chi connectivity index (χ4v) is 5.50. The summed E-state index contributed by atoms with van der Waals surface area (Å²) < 4.78 is 61.7. The van der Waals surface area contributed by atoms with Gasteiger partial charge in [-0.1, -0.05) is 0 Å². The molecular formula is C15H23FN2O16P2. The van der Waals surface area contributed by atoms with E-state index in [1.807, 2.05) is 4.98 Å². The van der Waals surface area contributed by atoms with Gasteiger partial charge in [-0.25, -0.2) is 18.3 Å². The molecule has 2 aliphatic rings. The summed E-state index contributed by atoms with van der Waals surface area (Å²) in [7, 11) is -11.1. The van der Waals surface area contributed by atoms with Crippen molar-refractivity contribution in [3.63, 3.8) is 0 Å². The van der Waals surface area contributed by atoms with E-state index in [1.54, 1.807) is 0 Å². The highest BCUT2D eigenvalue weighted by molar-refractivity contribution is 7.61. The fourth-order valence-electron chi connectivity index (χ4n) is 3.35. The zero-order valence-corrected chi connectivity index (χ0v) is 19.6. The SMILES string of the molecule is O=c1ccn([C@@H]2O[C@H](COP(=O)(O)OP(=O)(O)O[C@H]3O[C@@H]([C@@H](O)CO)[C@H](F)[C@H]3O)[C@@H](O)[C@H]2O)c(=O)[nH]1. The molecule has 2 unspecified atom stereocenters. The van der Waals surface area contributed by atoms with Gasteiger partial charge in [-0.2, -0.15) is 4.31 Å². The number of ether oxygens (including phenoxy) is 2. The predicted molar refractivity (Wildman–Crippen MR) is 108 cm³/mol. The van der Waals surface area contributed by atoms with Crippen molar-refractivity contribution in [1.82, 2.24) is 9.55 Å². The van der Waals surface area contributed by atoms with Crippen molar-refractivity contribution in [3.8, 4) is 0 Å². The van der Waals surface area contributed by atoms with E-state index in [9.17, 15) is 53.3 Å². The Morgan fingerprint density at radius 2 is 1.78 bits per heavy atom. The molecule has 1 aromatic rings. The first-order valence-corrected chi connectivity index (χ1v) is 12.9. The van der Waals surface area contributed by atoms with Crippen molar-refractivity contribution in [2.75, 3.05) is 13.2 Å². The normalized spacial score (nSPS) is 36.9. The first-order chi connectivity index (χ1) is 16.7. The third-order valence-electron chi connectivity index (χ3n) is 5.08. The van der Waals surface area contributed by atoms with Gasteiger partial charge in [-0.05, 0) is 0 Å². The number of hydrogen-bond acceptors (Lipinski definition) is 14. The van der Waals surface area contributed by atoms with Crippen LogP contribution < -0.4 is 11.2 Å². The van der Waals surface area contributed by atoms with Crippen molar-refractivity contribution in [3.05, 3.63) is 33.1 Å². The smallest absolute Gasteiger partial charge is 0.394 e. The number of nitrogens with zero attached hydrogens (tertiary/aromatic N) is 1. The molecule has 0 aliphatic carbocycles. The molecule has 0 radical (unpaired) electrons. The third-order valence-corrected chi connectivity index (χ3v) is 7.68. The molecule has 1 aromatic heterocycles. The second-order valence-corrected chi connectivity index (χ2v) is 10.6. The number of hydrogen-bond donors (Lipinski definition) is 8. The number of aromatic amines is 1. The Morgan fingerprint density at radius 3 is 2.39 bits per heavy atom. The Balaban J connectivity index is 1.60. The van der Waals surface area contributed by atoms with Crippen LogP contribution in [-0.4, -0.2) is 107 Å². The van der Waals surface area contributed by atoms with Crippen molar-refractivity contribution in [2.24, 2.45) is 0 Å². The molecular weight excluding hydrogens is 545 g/mol. The van der Waals surface area contributed by atoms with Crippen LogP contribution in [0.1, 0.15) is 6.23 Å². The summed E-state index contributed by atoms with van der Waals surface area (Å²) in [4.78, 5) is 44.4. The lowest BCUT2D eigenvalue weighted by Crippen LogP contribution is -2.37. The predicted octanol–water partition coefficient (Wildman–Crippen LogP) is -3.82. The fraction of sp³-hybridized carbons (Fsp3) is 0.733. The lowest BCUT2D eigenvalue weighted by atomic mass is 10.1. The molecule has 8 N–H and O–H groups in total. The maximum atomic E-state index is 14.0. The Labute approximate surface area is 199 Å². The van der Waals surface area contributed by atoms with Crippen LogP contribution in [0.3, 0.4) is 0 Å². The Kier molecular flexibility index (Phi) is 9.02. The zero-order valence-electron chi connectivity index (χ0n) is 17.8. The average Bonchev–Trinajstić information content (AvgIpc) is 3.21. The van der Waals surface area contributed by atoms with Gasteiger partial charge in [0.2, 0.25) is 0 Å². The maximum absolute atomic E-state index is 14.0. The molecule has 21 heteroatoms. The van der Waals surface area contributed by atoms with E-state index in [2.05, 4.69) is 13.4 Å². The quantitative estimate of drug-likeness (QED) is 0.126. The van der Waals surface area contributed by atoms with E-state index in [0.29, 0.717) is 4.57 Å². The molecule has 0 saturated carbocycles. The van der Waals surface area contributed by atoms with Crippen LogP contribution in [0.15, 0.2) is 21.9 Å². The van der Waals surface area contributed by atoms with E-state index < -0.39 is 95.4 Å². The Morgan fingerprint density at radius 1 is 1.11 bits per heavy atom. The Hall–Kier alpha value is -1.41. The number of alkyl halides is 1. The molecule has 206 valence electrons. The molecule has 11 atom stereocenters. The molecule has 3 heterocycles. The summed E-state index contributed by atoms with van der Waals surface area (Å²) in [6.45, 7) is -2.03. The number of phosphoric ester groups is 2. The van der Waals surface area contributed by atoms with Gasteiger partial charge in [0, 0.05) is 12.3 Å². The number of halogens is 1. The molecule has 0 aromatic carbocycles. The highest BCUT2D eigenvalue weighted by atomic mass is 31.3. The molecule has 2 fully saturated rings. The van der Waals surface area contributed by atoms with Gasteiger partial charge in [0.1, 0.15) is 36.6 Å². The molecule has 0 amide bonds. The van der Waals surface area contributed by atoms with Crippen LogP contribution in [0.4, 0.5) is 4.39 Å². The van der Waals surface area contributed by atoms with E-state index in [4.69, 9.17) is 14.6 Å². The topological polar surface area (TPSA) is 277 Å². The minimum atomic E-state index is -5.62. The van der Waals surface area contributed by atoms with Gasteiger partial charge in [0.05, 0.1) is 13.2 Å². The summed E-state index contributed by atoms with van der Waals surface area (Å²) in [5.41, 5.74) is -1.76. The lowest BCUT2D eigenvalue weighted by molar-refractivity contribution is -0.143. The summed E-state index contributed by atoms with van der Waals surface area (Å²) in [5.74, 6) is 0. The minimum Gasteiger partial charge on any atom is -0.394 e. The van der Waals surface area contributed by atoms with Crippen LogP contribution in [0.2, 0.25) is 0 Å². The van der Waals surface area contributed by atoms with Crippen LogP contribution in [0.25, 0.3) is 0 Å². The molecule has 36 heavy (non-hydrogen) atoms. The highest BCUT2D eigenvalue weighted by Crippen LogP contribution is 2.61. The monoisotopic (exact) mass is 568 g/mol. The van der Waals surface area contributed by atoms with E-state index in [1.165, 1.54) is 0 Å². The number of aromatic nitrogens is 2. The van der Waals surface area contributed by atoms with Crippen molar-refractivity contribution < 1.29 is 71.7 Å². The first-order valence-electron chi connectivity index (χ1n) is 9.95. The van der Waals surface area contributed by atoms with Crippen LogP contribution in [-0.2, 0) is 32.0 Å². The number of nitrogens with one attached hydrogen (secondary N) is 1. The van der Waals surface area contributed by atoms with Gasteiger partial charge in [0.25, 0.3) is 5.56 Å². The van der Waals surface area contributed by atoms with Gasteiger partial charge < -0.3 is 44.8 Å². The van der Waals surface area contributed by atoms with Gasteiger partial charge in [-0.15, -0.1) is 0 Å². The van der Waals surface area contributed by atoms with Gasteiger partial charge >= 0.3 is 21.3 Å². The van der Waals surface area contributed by atoms with Crippen LogP contribution in [0.5, 0.6) is 0 Å². The summed E-state index contributed by atoms with van der Waals surface area (Å²) >= 11 is 0. The maximum Gasteiger partial charge on any atom is 0.483 e. The summed E-state index contributed by atoms with van der Waals surface area (Å²) in [5, 5.41) is 48.2. The molecule has 3 rings (SSSR count). The summed E-state index contributed by atoms with van der Waals surface area (Å²) in [6.07, 6.45) is -16.3. The first kappa shape index (κ1) is 29.2. The van der Waals surface area contributed by atoms with Crippen molar-refractivity contribution >= 4 is 15.6 Å². The second kappa shape index (κ2) is 11.1. The molecule has 0 spiro atoms. The van der Waals surface area contributed by atoms with Gasteiger partial charge in [0.15, 0.2) is 18.7 Å². The lowest BCUT2D eigenvalue weighted by Gasteiger charge is -2.22. The Bertz CT molecular complexity index is 1130. The highest BCUT2D eigenvalue weighted by Gasteiger charge is 2.52. The summed E-state index contributed by atoms with van der Waals surface area (Å²) in [6, 6.07) is 0.922. The third kappa shape index (κ3) is 6.53. The number of phosphoric acid groups is 2. The van der Waals surface area contributed by atoms with Gasteiger partial charge in [-0.3, -0.25) is 23.4 Å². The van der Waals surface area contributed by atoms with Crippen molar-refractivity contribution in [2.45, 2.75) is 55.3 Å². The molecule has 2 aliphatic heterocycles. The van der Waals surface area contributed by atoms with E-state index >= 15 is 0 Å². The average molecular weight is 568 g/mol. The number of aliphatic hydroxyl groups is 5. The van der Waals surface area contributed by atoms with E-state index in [0.717, 1.165) is 12.3 Å². The number of aliphatic hydroxyl groups excluding tert-OH is 5. The zero-order chi connectivity index (χ0) is 27.0. The standard InChI is InChI=1S/C15H23FN2O16P2/c16-8-10(23)14(32-12(8)5(20)3-19)33-36(28,29)34-35(26,27)30-4-6-9(22)11(24)13(31-6)18-2-1-7(21)17-15(18)25/h1-2,5-6,8-14,19-20,22-24H,3-4H2,(H,26,27)(H,28,29)(H,17,21,25)/t5-,6+,8+,9+,10+,11+,12-,13+,14+/m0/s1. The van der Waals surface area contributed by atoms with Crippen LogP contribution in [0, 0.1) is 0 Å².